The Morgan fingerprint density at radius 1 is 1.35 bits per heavy atom. The third kappa shape index (κ3) is 5.90. The van der Waals surface area contributed by atoms with Gasteiger partial charge in [0.2, 0.25) is 0 Å². The van der Waals surface area contributed by atoms with E-state index in [-0.39, 0.29) is 17.5 Å². The second-order valence-electron chi connectivity index (χ2n) is 5.71. The molecule has 0 fully saturated rings. The van der Waals surface area contributed by atoms with E-state index in [1.54, 1.807) is 13.2 Å². The first-order valence-corrected chi connectivity index (χ1v) is 7.92. The van der Waals surface area contributed by atoms with Gasteiger partial charge in [-0.2, -0.15) is 0 Å². The molecule has 1 aromatic carbocycles. The molecule has 4 heteroatoms. The second-order valence-corrected chi connectivity index (χ2v) is 6.63. The van der Waals surface area contributed by atoms with Crippen LogP contribution >= 0.6 is 15.9 Å². The number of methoxy groups -OCH3 is 1. The monoisotopic (exact) mass is 345 g/mol. The Kier molecular flexibility index (Phi) is 7.13. The molecule has 0 saturated carbocycles. The maximum Gasteiger partial charge on any atom is 0.124 e. The zero-order chi connectivity index (χ0) is 15.2. The lowest BCUT2D eigenvalue weighted by atomic mass is 9.94. The summed E-state index contributed by atoms with van der Waals surface area (Å²) >= 11 is 3.36. The molecule has 1 aromatic rings. The Hall–Kier alpha value is -0.450. The van der Waals surface area contributed by atoms with Crippen molar-refractivity contribution in [3.63, 3.8) is 0 Å². The highest BCUT2D eigenvalue weighted by Crippen LogP contribution is 2.27. The van der Waals surface area contributed by atoms with Crippen LogP contribution in [0.3, 0.4) is 0 Å². The fraction of sp³-hybridized carbons (Fsp3) is 0.625. The maximum atomic E-state index is 13.6. The third-order valence-corrected chi connectivity index (χ3v) is 3.97. The van der Waals surface area contributed by atoms with Crippen LogP contribution in [0.4, 0.5) is 4.39 Å². The molecule has 0 spiro atoms. The van der Waals surface area contributed by atoms with E-state index >= 15 is 0 Å². The van der Waals surface area contributed by atoms with Gasteiger partial charge in [0.15, 0.2) is 0 Å². The van der Waals surface area contributed by atoms with Crippen LogP contribution in [0, 0.1) is 5.82 Å². The van der Waals surface area contributed by atoms with Crippen LogP contribution in [-0.2, 0) is 4.74 Å². The normalized spacial score (nSPS) is 13.5. The first-order chi connectivity index (χ1) is 9.38. The van der Waals surface area contributed by atoms with Crippen molar-refractivity contribution in [3.05, 3.63) is 34.1 Å². The zero-order valence-corrected chi connectivity index (χ0v) is 14.4. The molecule has 0 radical (unpaired) electrons. The number of hydrogen-bond acceptors (Lipinski definition) is 2. The Morgan fingerprint density at radius 3 is 2.60 bits per heavy atom. The first kappa shape index (κ1) is 17.6. The van der Waals surface area contributed by atoms with Gasteiger partial charge < -0.3 is 10.1 Å². The Balaban J connectivity index is 2.82. The summed E-state index contributed by atoms with van der Waals surface area (Å²) in [6, 6.07) is 5.23. The fourth-order valence-corrected chi connectivity index (χ4v) is 2.56. The topological polar surface area (TPSA) is 21.3 Å². The van der Waals surface area contributed by atoms with Crippen LogP contribution in [0.5, 0.6) is 0 Å². The molecule has 20 heavy (non-hydrogen) atoms. The van der Waals surface area contributed by atoms with E-state index in [2.05, 4.69) is 42.0 Å². The van der Waals surface area contributed by atoms with Gasteiger partial charge in [-0.05, 0) is 63.4 Å². The third-order valence-electron chi connectivity index (χ3n) is 3.52. The summed E-state index contributed by atoms with van der Waals surface area (Å²) in [5.74, 6) is -0.205. The Morgan fingerprint density at radius 2 is 2.05 bits per heavy atom. The molecule has 1 N–H and O–H groups in total. The van der Waals surface area contributed by atoms with Crippen molar-refractivity contribution >= 4 is 15.9 Å². The molecule has 0 amide bonds. The van der Waals surface area contributed by atoms with Crippen molar-refractivity contribution in [3.8, 4) is 0 Å². The molecule has 1 atom stereocenters. The van der Waals surface area contributed by atoms with E-state index in [4.69, 9.17) is 4.74 Å². The molecule has 114 valence electrons. The first-order valence-electron chi connectivity index (χ1n) is 7.12. The molecule has 0 heterocycles. The average molecular weight is 346 g/mol. The lowest BCUT2D eigenvalue weighted by Crippen LogP contribution is -2.28. The van der Waals surface area contributed by atoms with Crippen LogP contribution in [0.25, 0.3) is 0 Å². The molecule has 0 aliphatic carbocycles. The van der Waals surface area contributed by atoms with Crippen LogP contribution in [0.15, 0.2) is 22.7 Å². The molecule has 1 unspecified atom stereocenters. The number of hydrogen-bond donors (Lipinski definition) is 1. The minimum atomic E-state index is -0.205. The molecule has 0 aromatic heterocycles. The number of benzene rings is 1. The number of halogens is 2. The van der Waals surface area contributed by atoms with Crippen molar-refractivity contribution in [2.75, 3.05) is 13.7 Å². The van der Waals surface area contributed by atoms with Crippen molar-refractivity contribution in [2.45, 2.75) is 51.7 Å². The summed E-state index contributed by atoms with van der Waals surface area (Å²) in [6.45, 7) is 7.20. The lowest BCUT2D eigenvalue weighted by Gasteiger charge is -2.27. The summed E-state index contributed by atoms with van der Waals surface area (Å²) in [4.78, 5) is 0. The molecular formula is C16H25BrFNO. The Labute approximate surface area is 130 Å². The fourth-order valence-electron chi connectivity index (χ4n) is 2.08. The number of rotatable bonds is 8. The van der Waals surface area contributed by atoms with Gasteiger partial charge in [0.1, 0.15) is 5.82 Å². The summed E-state index contributed by atoms with van der Waals surface area (Å²) < 4.78 is 19.8. The quantitative estimate of drug-likeness (QED) is 0.728. The van der Waals surface area contributed by atoms with E-state index in [0.29, 0.717) is 0 Å². The molecule has 1 rings (SSSR count). The van der Waals surface area contributed by atoms with E-state index in [9.17, 15) is 4.39 Å². The standard InChI is InChI=1S/C16H25BrFNO/c1-5-8-19-15(6-7-16(2,3)20-4)12-9-13(17)11-14(18)10-12/h9-11,15,19H,5-8H2,1-4H3. The van der Waals surface area contributed by atoms with E-state index < -0.39 is 0 Å². The van der Waals surface area contributed by atoms with Gasteiger partial charge in [-0.25, -0.2) is 4.39 Å². The second kappa shape index (κ2) is 8.11. The Bertz CT molecular complexity index is 403. The van der Waals surface area contributed by atoms with Gasteiger partial charge in [-0.3, -0.25) is 0 Å². The molecule has 0 saturated heterocycles. The summed E-state index contributed by atoms with van der Waals surface area (Å²) in [5.41, 5.74) is 0.827. The van der Waals surface area contributed by atoms with Crippen molar-refractivity contribution < 1.29 is 9.13 Å². The highest BCUT2D eigenvalue weighted by atomic mass is 79.9. The predicted molar refractivity (Wildman–Crippen MR) is 85.5 cm³/mol. The number of ether oxygens (including phenoxy) is 1. The van der Waals surface area contributed by atoms with E-state index in [1.165, 1.54) is 6.07 Å². The van der Waals surface area contributed by atoms with Crippen LogP contribution in [-0.4, -0.2) is 19.3 Å². The van der Waals surface area contributed by atoms with E-state index in [1.807, 2.05) is 6.07 Å². The van der Waals surface area contributed by atoms with Crippen molar-refractivity contribution in [1.82, 2.24) is 5.32 Å². The molecule has 0 aliphatic rings. The zero-order valence-electron chi connectivity index (χ0n) is 12.8. The van der Waals surface area contributed by atoms with Gasteiger partial charge in [0, 0.05) is 17.6 Å². The SMILES string of the molecule is CCCNC(CCC(C)(C)OC)c1cc(F)cc(Br)c1. The van der Waals surface area contributed by atoms with Crippen molar-refractivity contribution in [2.24, 2.45) is 0 Å². The summed E-state index contributed by atoms with van der Waals surface area (Å²) in [7, 11) is 1.73. The summed E-state index contributed by atoms with van der Waals surface area (Å²) in [5, 5.41) is 3.49. The van der Waals surface area contributed by atoms with E-state index in [0.717, 1.165) is 35.8 Å². The van der Waals surface area contributed by atoms with Gasteiger partial charge >= 0.3 is 0 Å². The largest absolute Gasteiger partial charge is 0.379 e. The average Bonchev–Trinajstić information content (AvgIpc) is 2.37. The summed E-state index contributed by atoms with van der Waals surface area (Å²) in [6.07, 6.45) is 2.89. The lowest BCUT2D eigenvalue weighted by molar-refractivity contribution is 0.0117. The highest BCUT2D eigenvalue weighted by molar-refractivity contribution is 9.10. The smallest absolute Gasteiger partial charge is 0.124 e. The van der Waals surface area contributed by atoms with Gasteiger partial charge in [0.05, 0.1) is 5.60 Å². The van der Waals surface area contributed by atoms with Gasteiger partial charge in [-0.1, -0.05) is 22.9 Å². The highest BCUT2D eigenvalue weighted by Gasteiger charge is 2.20. The molecular weight excluding hydrogens is 321 g/mol. The minimum Gasteiger partial charge on any atom is -0.379 e. The number of nitrogens with one attached hydrogen (secondary N) is 1. The van der Waals surface area contributed by atoms with Gasteiger partial charge in [0.25, 0.3) is 0 Å². The minimum absolute atomic E-state index is 0.149. The van der Waals surface area contributed by atoms with Gasteiger partial charge in [-0.15, -0.1) is 0 Å². The molecule has 2 nitrogen and oxygen atoms in total. The van der Waals surface area contributed by atoms with Crippen LogP contribution in [0.1, 0.15) is 51.6 Å². The molecule has 0 aliphatic heterocycles. The predicted octanol–water partition coefficient (Wildman–Crippen LogP) is 4.83. The maximum absolute atomic E-state index is 13.6. The molecule has 0 bridgehead atoms. The van der Waals surface area contributed by atoms with Crippen LogP contribution in [0.2, 0.25) is 0 Å². The van der Waals surface area contributed by atoms with Crippen molar-refractivity contribution in [1.29, 1.82) is 0 Å². The van der Waals surface area contributed by atoms with Crippen LogP contribution < -0.4 is 5.32 Å².